The van der Waals surface area contributed by atoms with Crippen LogP contribution in [0.15, 0.2) is 0 Å². The number of halogens is 3. The van der Waals surface area contributed by atoms with Crippen LogP contribution in [0.4, 0.5) is 13.2 Å². The minimum absolute atomic E-state index is 0.0839. The summed E-state index contributed by atoms with van der Waals surface area (Å²) < 4.78 is 37.7. The first-order valence-corrected chi connectivity index (χ1v) is 7.78. The Morgan fingerprint density at radius 1 is 1.39 bits per heavy atom. The number of nitriles is 1. The van der Waals surface area contributed by atoms with Crippen LogP contribution in [-0.4, -0.2) is 79.1 Å². The fourth-order valence-corrected chi connectivity index (χ4v) is 2.77. The summed E-state index contributed by atoms with van der Waals surface area (Å²) >= 11 is 0. The second-order valence-corrected chi connectivity index (χ2v) is 6.36. The van der Waals surface area contributed by atoms with Crippen molar-refractivity contribution < 1.29 is 18.0 Å². The predicted molar refractivity (Wildman–Crippen MR) is 80.6 cm³/mol. The largest absolute Gasteiger partial charge is 0.401 e. The van der Waals surface area contributed by atoms with Gasteiger partial charge in [-0.3, -0.25) is 14.6 Å². The van der Waals surface area contributed by atoms with Gasteiger partial charge >= 0.3 is 6.18 Å². The molecule has 1 aliphatic heterocycles. The third-order valence-corrected chi connectivity index (χ3v) is 4.11. The summed E-state index contributed by atoms with van der Waals surface area (Å²) in [5.41, 5.74) is 0. The van der Waals surface area contributed by atoms with E-state index >= 15 is 0 Å². The Morgan fingerprint density at radius 3 is 2.57 bits per heavy atom. The lowest BCUT2D eigenvalue weighted by molar-refractivity contribution is -0.154. The van der Waals surface area contributed by atoms with Gasteiger partial charge in [0.1, 0.15) is 0 Å². The van der Waals surface area contributed by atoms with E-state index in [0.29, 0.717) is 26.2 Å². The Kier molecular flexibility index (Phi) is 7.29. The Morgan fingerprint density at radius 2 is 2.04 bits per heavy atom. The van der Waals surface area contributed by atoms with E-state index in [9.17, 15) is 18.0 Å². The van der Waals surface area contributed by atoms with Crippen molar-refractivity contribution in [3.8, 4) is 6.07 Å². The Labute approximate surface area is 135 Å². The smallest absolute Gasteiger partial charge is 0.344 e. The number of hydrogen-bond acceptors (Lipinski definition) is 4. The lowest BCUT2D eigenvalue weighted by atomic mass is 9.99. The van der Waals surface area contributed by atoms with E-state index in [1.807, 2.05) is 24.8 Å². The van der Waals surface area contributed by atoms with Crippen LogP contribution >= 0.6 is 0 Å². The van der Waals surface area contributed by atoms with Gasteiger partial charge in [-0.2, -0.15) is 18.4 Å². The van der Waals surface area contributed by atoms with E-state index in [2.05, 4.69) is 0 Å². The Balaban J connectivity index is 2.62. The van der Waals surface area contributed by atoms with Crippen LogP contribution in [0.3, 0.4) is 0 Å². The molecule has 0 saturated carbocycles. The molecule has 0 aromatic carbocycles. The van der Waals surface area contributed by atoms with Gasteiger partial charge in [-0.1, -0.05) is 13.8 Å². The van der Waals surface area contributed by atoms with Gasteiger partial charge in [-0.15, -0.1) is 0 Å². The molecule has 0 bridgehead atoms. The predicted octanol–water partition coefficient (Wildman–Crippen LogP) is 1.56. The number of nitrogens with zero attached hydrogens (tertiary/aromatic N) is 4. The molecule has 1 aliphatic rings. The van der Waals surface area contributed by atoms with Crippen molar-refractivity contribution in [3.63, 3.8) is 0 Å². The SMILES string of the molecule is CC(C)[C@@H]1CN(CC(F)(F)F)CCN1CC(=O)N(C)CCC#N. The van der Waals surface area contributed by atoms with Gasteiger partial charge in [0.15, 0.2) is 0 Å². The van der Waals surface area contributed by atoms with Crippen molar-refractivity contribution >= 4 is 5.91 Å². The first-order chi connectivity index (χ1) is 10.6. The zero-order chi connectivity index (χ0) is 17.6. The van der Waals surface area contributed by atoms with Crippen molar-refractivity contribution in [2.45, 2.75) is 32.5 Å². The van der Waals surface area contributed by atoms with Crippen molar-refractivity contribution in [2.75, 3.05) is 46.3 Å². The van der Waals surface area contributed by atoms with Crippen LogP contribution < -0.4 is 0 Å². The second-order valence-electron chi connectivity index (χ2n) is 6.36. The fourth-order valence-electron chi connectivity index (χ4n) is 2.77. The summed E-state index contributed by atoms with van der Waals surface area (Å²) in [4.78, 5) is 17.0. The summed E-state index contributed by atoms with van der Waals surface area (Å²) in [6, 6.07) is 1.91. The quantitative estimate of drug-likeness (QED) is 0.740. The maximum Gasteiger partial charge on any atom is 0.401 e. The minimum atomic E-state index is -4.20. The van der Waals surface area contributed by atoms with Crippen molar-refractivity contribution in [1.29, 1.82) is 5.26 Å². The van der Waals surface area contributed by atoms with E-state index in [4.69, 9.17) is 5.26 Å². The van der Waals surface area contributed by atoms with E-state index < -0.39 is 12.7 Å². The van der Waals surface area contributed by atoms with Gasteiger partial charge in [-0.05, 0) is 5.92 Å². The molecule has 1 rings (SSSR count). The molecule has 1 atom stereocenters. The second kappa shape index (κ2) is 8.50. The highest BCUT2D eigenvalue weighted by atomic mass is 19.4. The monoisotopic (exact) mass is 334 g/mol. The molecule has 8 heteroatoms. The average Bonchev–Trinajstić information content (AvgIpc) is 2.44. The average molecular weight is 334 g/mol. The molecule has 1 amide bonds. The number of piperazine rings is 1. The highest BCUT2D eigenvalue weighted by molar-refractivity contribution is 5.78. The van der Waals surface area contributed by atoms with Crippen molar-refractivity contribution in [2.24, 2.45) is 5.92 Å². The molecule has 0 radical (unpaired) electrons. The number of hydrogen-bond donors (Lipinski definition) is 0. The van der Waals surface area contributed by atoms with Gasteiger partial charge in [0, 0.05) is 39.3 Å². The number of carbonyl (C=O) groups is 1. The summed E-state index contributed by atoms with van der Waals surface area (Å²) in [6.07, 6.45) is -3.92. The maximum atomic E-state index is 12.6. The topological polar surface area (TPSA) is 50.6 Å². The summed E-state index contributed by atoms with van der Waals surface area (Å²) in [7, 11) is 1.64. The molecule has 0 aliphatic carbocycles. The molecule has 0 spiro atoms. The van der Waals surface area contributed by atoms with E-state index in [0.717, 1.165) is 0 Å². The molecular formula is C15H25F3N4O. The van der Waals surface area contributed by atoms with Gasteiger partial charge < -0.3 is 4.90 Å². The number of rotatable bonds is 6. The van der Waals surface area contributed by atoms with E-state index in [1.54, 1.807) is 7.05 Å². The molecule has 23 heavy (non-hydrogen) atoms. The Hall–Kier alpha value is -1.33. The number of carbonyl (C=O) groups excluding carboxylic acids is 1. The van der Waals surface area contributed by atoms with Gasteiger partial charge in [0.05, 0.1) is 25.6 Å². The molecular weight excluding hydrogens is 309 g/mol. The number of amides is 1. The van der Waals surface area contributed by atoms with Crippen LogP contribution in [0, 0.1) is 17.2 Å². The zero-order valence-corrected chi connectivity index (χ0v) is 13.9. The standard InChI is InChI=1S/C15H25F3N4O/c1-12(2)13-9-21(11-15(16,17)18)7-8-22(13)10-14(23)20(3)6-4-5-19/h12-13H,4,6-11H2,1-3H3/t13-/m0/s1. The first-order valence-electron chi connectivity index (χ1n) is 7.78. The maximum absolute atomic E-state index is 12.6. The molecule has 132 valence electrons. The zero-order valence-electron chi connectivity index (χ0n) is 13.9. The molecule has 1 heterocycles. The number of likely N-dealkylation sites (N-methyl/N-ethyl adjacent to an activating group) is 1. The third-order valence-electron chi connectivity index (χ3n) is 4.11. The lowest BCUT2D eigenvalue weighted by Crippen LogP contribution is -2.58. The third kappa shape index (κ3) is 6.75. The van der Waals surface area contributed by atoms with Crippen LogP contribution in [0.1, 0.15) is 20.3 Å². The highest BCUT2D eigenvalue weighted by Crippen LogP contribution is 2.22. The highest BCUT2D eigenvalue weighted by Gasteiger charge is 2.36. The molecule has 0 aromatic rings. The summed E-state index contributed by atoms with van der Waals surface area (Å²) in [6.45, 7) is 4.62. The minimum Gasteiger partial charge on any atom is -0.344 e. The van der Waals surface area contributed by atoms with Gasteiger partial charge in [-0.25, -0.2) is 0 Å². The fraction of sp³-hybridized carbons (Fsp3) is 0.867. The lowest BCUT2D eigenvalue weighted by Gasteiger charge is -2.43. The molecule has 1 saturated heterocycles. The van der Waals surface area contributed by atoms with Crippen LogP contribution in [0.5, 0.6) is 0 Å². The van der Waals surface area contributed by atoms with Crippen LogP contribution in [0.2, 0.25) is 0 Å². The summed E-state index contributed by atoms with van der Waals surface area (Å²) in [5, 5.41) is 8.56. The molecule has 0 aromatic heterocycles. The van der Waals surface area contributed by atoms with Crippen LogP contribution in [-0.2, 0) is 4.79 Å². The normalized spacial score (nSPS) is 20.5. The Bertz CT molecular complexity index is 433. The number of alkyl halides is 3. The van der Waals surface area contributed by atoms with E-state index in [-0.39, 0.29) is 30.8 Å². The molecule has 0 N–H and O–H groups in total. The first kappa shape index (κ1) is 19.7. The van der Waals surface area contributed by atoms with Gasteiger partial charge in [0.2, 0.25) is 5.91 Å². The van der Waals surface area contributed by atoms with Crippen molar-refractivity contribution in [3.05, 3.63) is 0 Å². The summed E-state index contributed by atoms with van der Waals surface area (Å²) in [5.74, 6) is 0.0541. The van der Waals surface area contributed by atoms with Gasteiger partial charge in [0.25, 0.3) is 0 Å². The molecule has 0 unspecified atom stereocenters. The van der Waals surface area contributed by atoms with Crippen LogP contribution in [0.25, 0.3) is 0 Å². The van der Waals surface area contributed by atoms with E-state index in [1.165, 1.54) is 9.80 Å². The van der Waals surface area contributed by atoms with Crippen molar-refractivity contribution in [1.82, 2.24) is 14.7 Å². The molecule has 5 nitrogen and oxygen atoms in total. The molecule has 1 fully saturated rings.